The average molecular weight is 637 g/mol. The second-order valence-corrected chi connectivity index (χ2v) is 15.0. The fourth-order valence-corrected chi connectivity index (χ4v) is 8.31. The number of para-hydroxylation sites is 1. The van der Waals surface area contributed by atoms with Gasteiger partial charge in [0.25, 0.3) is 5.91 Å². The van der Waals surface area contributed by atoms with Gasteiger partial charge >= 0.3 is 0 Å². The van der Waals surface area contributed by atoms with Crippen LogP contribution >= 0.6 is 24.0 Å². The molecule has 3 heterocycles. The number of nitrogens with zero attached hydrogens (tertiary/aromatic N) is 4. The normalized spacial score (nSPS) is 17.8. The van der Waals surface area contributed by atoms with E-state index in [0.717, 1.165) is 36.9 Å². The molecular weight excluding hydrogens is 597 g/mol. The SMILES string of the molecule is CCCCCCCCN1C(=O)C(=Cc2cn(-c3ccccc3)nc2-c2cccc(S(=O)(=O)N3CCC(C)CC3)c2)SC1=S. The maximum atomic E-state index is 13.6. The molecule has 2 aliphatic heterocycles. The zero-order chi connectivity index (χ0) is 30.4. The number of carbonyl (C=O) groups is 1. The Morgan fingerprint density at radius 3 is 2.47 bits per heavy atom. The molecule has 1 amide bonds. The van der Waals surface area contributed by atoms with Gasteiger partial charge in [-0.15, -0.1) is 0 Å². The number of hydrogen-bond donors (Lipinski definition) is 0. The van der Waals surface area contributed by atoms with Crippen molar-refractivity contribution < 1.29 is 13.2 Å². The van der Waals surface area contributed by atoms with Crippen molar-refractivity contribution in [2.75, 3.05) is 19.6 Å². The predicted molar refractivity (Wildman–Crippen MR) is 179 cm³/mol. The Labute approximate surface area is 265 Å². The number of aromatic nitrogens is 2. The van der Waals surface area contributed by atoms with E-state index < -0.39 is 10.0 Å². The Morgan fingerprint density at radius 2 is 1.72 bits per heavy atom. The van der Waals surface area contributed by atoms with Crippen molar-refractivity contribution in [3.05, 3.63) is 71.3 Å². The molecule has 2 saturated heterocycles. The molecule has 2 aliphatic rings. The van der Waals surface area contributed by atoms with Crippen LogP contribution in [0.4, 0.5) is 0 Å². The van der Waals surface area contributed by atoms with Crippen molar-refractivity contribution in [1.29, 1.82) is 0 Å². The van der Waals surface area contributed by atoms with Gasteiger partial charge in [-0.1, -0.05) is 100 Å². The molecule has 3 aromatic rings. The van der Waals surface area contributed by atoms with E-state index >= 15 is 0 Å². The van der Waals surface area contributed by atoms with Gasteiger partial charge in [0.05, 0.1) is 15.5 Å². The molecule has 0 unspecified atom stereocenters. The highest BCUT2D eigenvalue weighted by Crippen LogP contribution is 2.36. The zero-order valence-electron chi connectivity index (χ0n) is 24.9. The maximum absolute atomic E-state index is 13.6. The minimum absolute atomic E-state index is 0.0855. The van der Waals surface area contributed by atoms with Crippen LogP contribution in [-0.4, -0.2) is 57.3 Å². The molecule has 1 aromatic heterocycles. The zero-order valence-corrected chi connectivity index (χ0v) is 27.4. The Balaban J connectivity index is 1.44. The number of carbonyl (C=O) groups excluding carboxylic acids is 1. The molecule has 228 valence electrons. The number of piperidine rings is 1. The van der Waals surface area contributed by atoms with Crippen molar-refractivity contribution in [3.63, 3.8) is 0 Å². The summed E-state index contributed by atoms with van der Waals surface area (Å²) in [4.78, 5) is 15.9. The number of thiocarbonyl (C=S) groups is 1. The molecule has 43 heavy (non-hydrogen) atoms. The standard InChI is InChI=1S/C33H40N4O3S3/c1-3-4-5-6-7-11-19-36-32(38)30(42-33(36)41)23-27-24-37(28-14-9-8-10-15-28)34-31(27)26-13-12-16-29(22-26)43(39,40)35-20-17-25(2)18-21-35/h8-10,12-16,22-25H,3-7,11,17-21H2,1-2H3. The van der Waals surface area contributed by atoms with Crippen LogP contribution < -0.4 is 0 Å². The highest BCUT2D eigenvalue weighted by molar-refractivity contribution is 8.26. The lowest BCUT2D eigenvalue weighted by molar-refractivity contribution is -0.122. The van der Waals surface area contributed by atoms with E-state index in [4.69, 9.17) is 17.3 Å². The molecule has 2 aromatic carbocycles. The fourth-order valence-electron chi connectivity index (χ4n) is 5.49. The molecule has 7 nitrogen and oxygen atoms in total. The molecular formula is C33H40N4O3S3. The van der Waals surface area contributed by atoms with Gasteiger partial charge in [-0.2, -0.15) is 9.40 Å². The van der Waals surface area contributed by atoms with Gasteiger partial charge in [0, 0.05) is 37.0 Å². The van der Waals surface area contributed by atoms with Crippen LogP contribution in [-0.2, 0) is 14.8 Å². The van der Waals surface area contributed by atoms with E-state index in [1.807, 2.05) is 48.7 Å². The third-order valence-corrected chi connectivity index (χ3v) is 11.4. The Bertz CT molecular complexity index is 1580. The number of thioether (sulfide) groups is 1. The smallest absolute Gasteiger partial charge is 0.266 e. The lowest BCUT2D eigenvalue weighted by Gasteiger charge is -2.29. The first kappa shape index (κ1) is 31.6. The van der Waals surface area contributed by atoms with Gasteiger partial charge in [-0.25, -0.2) is 13.1 Å². The van der Waals surface area contributed by atoms with Crippen molar-refractivity contribution in [3.8, 4) is 16.9 Å². The van der Waals surface area contributed by atoms with Gasteiger partial charge in [-0.3, -0.25) is 9.69 Å². The second-order valence-electron chi connectivity index (χ2n) is 11.4. The summed E-state index contributed by atoms with van der Waals surface area (Å²) in [5, 5.41) is 4.88. The van der Waals surface area contributed by atoms with Crippen LogP contribution in [0, 0.1) is 5.92 Å². The molecule has 0 atom stereocenters. The minimum Gasteiger partial charge on any atom is -0.293 e. The average Bonchev–Trinajstić information content (AvgIpc) is 3.55. The van der Waals surface area contributed by atoms with E-state index in [1.54, 1.807) is 32.1 Å². The molecule has 0 bridgehead atoms. The highest BCUT2D eigenvalue weighted by Gasteiger charge is 2.32. The van der Waals surface area contributed by atoms with E-state index in [0.29, 0.717) is 46.0 Å². The summed E-state index contributed by atoms with van der Waals surface area (Å²) in [6.07, 6.45) is 12.3. The number of rotatable bonds is 12. The molecule has 0 radical (unpaired) electrons. The van der Waals surface area contributed by atoms with Crippen LogP contribution in [0.3, 0.4) is 0 Å². The third kappa shape index (κ3) is 7.48. The quantitative estimate of drug-likeness (QED) is 0.116. The molecule has 0 saturated carbocycles. The van der Waals surface area contributed by atoms with Gasteiger partial charge in [0.2, 0.25) is 10.0 Å². The van der Waals surface area contributed by atoms with Gasteiger partial charge < -0.3 is 0 Å². The number of hydrogen-bond acceptors (Lipinski definition) is 6. The Morgan fingerprint density at radius 1 is 1.00 bits per heavy atom. The van der Waals surface area contributed by atoms with Crippen molar-refractivity contribution in [2.24, 2.45) is 5.92 Å². The van der Waals surface area contributed by atoms with Crippen molar-refractivity contribution in [2.45, 2.75) is 70.1 Å². The summed E-state index contributed by atoms with van der Waals surface area (Å²) in [7, 11) is -3.64. The first-order valence-electron chi connectivity index (χ1n) is 15.3. The number of amides is 1. The number of sulfonamides is 1. The predicted octanol–water partition coefficient (Wildman–Crippen LogP) is 7.52. The third-order valence-electron chi connectivity index (χ3n) is 8.15. The van der Waals surface area contributed by atoms with Gasteiger partial charge in [0.15, 0.2) is 0 Å². The summed E-state index contributed by atoms with van der Waals surface area (Å²) in [5.41, 5.74) is 2.87. The lowest BCUT2D eigenvalue weighted by Crippen LogP contribution is -2.37. The Kier molecular flexibility index (Phi) is 10.5. The second kappa shape index (κ2) is 14.3. The summed E-state index contributed by atoms with van der Waals surface area (Å²) < 4.78 is 31.1. The number of unbranched alkanes of at least 4 members (excludes halogenated alkanes) is 5. The van der Waals surface area contributed by atoms with Crippen LogP contribution in [0.15, 0.2) is 70.6 Å². The topological polar surface area (TPSA) is 75.5 Å². The summed E-state index contributed by atoms with van der Waals surface area (Å²) in [6.45, 7) is 6.05. The van der Waals surface area contributed by atoms with Crippen molar-refractivity contribution in [1.82, 2.24) is 19.0 Å². The first-order chi connectivity index (χ1) is 20.8. The lowest BCUT2D eigenvalue weighted by atomic mass is 10.0. The van der Waals surface area contributed by atoms with E-state index in [9.17, 15) is 13.2 Å². The summed E-state index contributed by atoms with van der Waals surface area (Å²) in [5.74, 6) is 0.443. The molecule has 10 heteroatoms. The van der Waals surface area contributed by atoms with Crippen molar-refractivity contribution >= 4 is 50.3 Å². The molecule has 2 fully saturated rings. The summed E-state index contributed by atoms with van der Waals surface area (Å²) in [6, 6.07) is 16.7. The Hall–Kier alpha value is -2.79. The largest absolute Gasteiger partial charge is 0.293 e. The van der Waals surface area contributed by atoms with Gasteiger partial charge in [0.1, 0.15) is 10.0 Å². The van der Waals surface area contributed by atoms with Crippen LogP contribution in [0.2, 0.25) is 0 Å². The first-order valence-corrected chi connectivity index (χ1v) is 18.0. The highest BCUT2D eigenvalue weighted by atomic mass is 32.2. The van der Waals surface area contributed by atoms with E-state index in [1.165, 1.54) is 37.4 Å². The minimum atomic E-state index is -3.64. The van der Waals surface area contributed by atoms with Gasteiger partial charge in [-0.05, 0) is 55.5 Å². The van der Waals surface area contributed by atoms with E-state index in [2.05, 4.69) is 13.8 Å². The number of benzene rings is 2. The molecule has 0 N–H and O–H groups in total. The molecule has 0 aliphatic carbocycles. The summed E-state index contributed by atoms with van der Waals surface area (Å²) >= 11 is 6.91. The van der Waals surface area contributed by atoms with E-state index in [-0.39, 0.29) is 10.8 Å². The van der Waals surface area contributed by atoms with Crippen LogP contribution in [0.25, 0.3) is 23.0 Å². The van der Waals surface area contributed by atoms with Crippen LogP contribution in [0.1, 0.15) is 70.8 Å². The molecule has 0 spiro atoms. The molecule has 5 rings (SSSR count). The monoisotopic (exact) mass is 636 g/mol. The van der Waals surface area contributed by atoms with Crippen LogP contribution in [0.5, 0.6) is 0 Å². The maximum Gasteiger partial charge on any atom is 0.266 e. The fraction of sp³-hybridized carbons (Fsp3) is 0.424.